The van der Waals surface area contributed by atoms with Crippen LogP contribution in [-0.2, 0) is 9.53 Å². The van der Waals surface area contributed by atoms with Crippen LogP contribution in [0.15, 0.2) is 5.11 Å². The summed E-state index contributed by atoms with van der Waals surface area (Å²) < 4.78 is 5.21. The Kier molecular flexibility index (Phi) is 4.98. The Labute approximate surface area is 89.4 Å². The highest BCUT2D eigenvalue weighted by atomic mass is 16.5. The van der Waals surface area contributed by atoms with Crippen LogP contribution >= 0.6 is 0 Å². The van der Waals surface area contributed by atoms with Crippen molar-refractivity contribution in [2.75, 3.05) is 6.54 Å². The Morgan fingerprint density at radius 2 is 2.13 bits per heavy atom. The summed E-state index contributed by atoms with van der Waals surface area (Å²) in [6, 6.07) is 0. The number of nitrogens with zero attached hydrogens (tertiary/aromatic N) is 3. The molecule has 0 N–H and O–H groups in total. The van der Waals surface area contributed by atoms with Crippen LogP contribution in [0, 0.1) is 0 Å². The first-order valence-corrected chi connectivity index (χ1v) is 5.45. The number of hydrogen-bond donors (Lipinski definition) is 0. The topological polar surface area (TPSA) is 75.1 Å². The first-order valence-electron chi connectivity index (χ1n) is 5.45. The summed E-state index contributed by atoms with van der Waals surface area (Å²) in [5, 5.41) is 3.47. The molecule has 0 saturated heterocycles. The van der Waals surface area contributed by atoms with E-state index in [1.54, 1.807) is 0 Å². The van der Waals surface area contributed by atoms with E-state index in [4.69, 9.17) is 10.3 Å². The van der Waals surface area contributed by atoms with Crippen LogP contribution in [0.25, 0.3) is 10.4 Å². The summed E-state index contributed by atoms with van der Waals surface area (Å²) in [7, 11) is 0. The van der Waals surface area contributed by atoms with E-state index in [9.17, 15) is 4.79 Å². The molecule has 5 nitrogen and oxygen atoms in total. The van der Waals surface area contributed by atoms with Crippen molar-refractivity contribution in [2.45, 2.75) is 50.5 Å². The number of rotatable bonds is 7. The molecule has 0 unspecified atom stereocenters. The maximum absolute atomic E-state index is 10.4. The molecule has 0 radical (unpaired) electrons. The van der Waals surface area contributed by atoms with E-state index in [0.717, 1.165) is 44.9 Å². The number of azide groups is 1. The predicted molar refractivity (Wildman–Crippen MR) is 56.2 cm³/mol. The van der Waals surface area contributed by atoms with Crippen molar-refractivity contribution in [3.05, 3.63) is 10.4 Å². The molecule has 0 atom stereocenters. The summed E-state index contributed by atoms with van der Waals surface area (Å²) >= 11 is 0. The normalized spacial score (nSPS) is 18.1. The molecule has 0 aliphatic heterocycles. The van der Waals surface area contributed by atoms with Crippen molar-refractivity contribution in [1.82, 2.24) is 0 Å². The third-order valence-corrected chi connectivity index (χ3v) is 3.02. The molecule has 1 fully saturated rings. The molecular weight excluding hydrogens is 194 g/mol. The minimum absolute atomic E-state index is 0.210. The fraction of sp³-hybridized carbons (Fsp3) is 0.900. The van der Waals surface area contributed by atoms with Crippen LogP contribution in [0.2, 0.25) is 0 Å². The minimum atomic E-state index is -0.210. The van der Waals surface area contributed by atoms with Crippen LogP contribution in [0.4, 0.5) is 0 Å². The second-order valence-electron chi connectivity index (χ2n) is 4.02. The van der Waals surface area contributed by atoms with Gasteiger partial charge in [0.2, 0.25) is 0 Å². The molecule has 0 spiro atoms. The summed E-state index contributed by atoms with van der Waals surface area (Å²) in [5.74, 6) is 0. The van der Waals surface area contributed by atoms with E-state index in [1.165, 1.54) is 0 Å². The predicted octanol–water partition coefficient (Wildman–Crippen LogP) is 2.95. The lowest BCUT2D eigenvalue weighted by Gasteiger charge is -2.26. The van der Waals surface area contributed by atoms with Gasteiger partial charge in [-0.25, -0.2) is 0 Å². The van der Waals surface area contributed by atoms with Gasteiger partial charge in [0.05, 0.1) is 0 Å². The van der Waals surface area contributed by atoms with Gasteiger partial charge in [-0.3, -0.25) is 4.79 Å². The molecule has 0 heterocycles. The fourth-order valence-electron chi connectivity index (χ4n) is 2.22. The van der Waals surface area contributed by atoms with Crippen molar-refractivity contribution in [2.24, 2.45) is 5.11 Å². The fourth-order valence-corrected chi connectivity index (χ4v) is 2.22. The molecular formula is C10H17N3O2. The third kappa shape index (κ3) is 3.80. The van der Waals surface area contributed by atoms with Gasteiger partial charge in [0.25, 0.3) is 6.47 Å². The second-order valence-corrected chi connectivity index (χ2v) is 4.02. The summed E-state index contributed by atoms with van der Waals surface area (Å²) in [6.45, 7) is 1.10. The molecule has 0 aromatic heterocycles. The van der Waals surface area contributed by atoms with Crippen molar-refractivity contribution in [3.8, 4) is 0 Å². The van der Waals surface area contributed by atoms with E-state index in [1.807, 2.05) is 0 Å². The van der Waals surface area contributed by atoms with Gasteiger partial charge in [-0.05, 0) is 50.5 Å². The summed E-state index contributed by atoms with van der Waals surface area (Å²) in [4.78, 5) is 13.1. The average Bonchev–Trinajstić information content (AvgIpc) is 2.67. The molecule has 1 aliphatic rings. The quantitative estimate of drug-likeness (QED) is 0.213. The molecule has 15 heavy (non-hydrogen) atoms. The van der Waals surface area contributed by atoms with Crippen molar-refractivity contribution in [1.29, 1.82) is 0 Å². The Hall–Kier alpha value is -1.22. The van der Waals surface area contributed by atoms with Gasteiger partial charge in [0.1, 0.15) is 5.60 Å². The molecule has 5 heteroatoms. The Balaban J connectivity index is 2.25. The van der Waals surface area contributed by atoms with E-state index in [-0.39, 0.29) is 5.60 Å². The van der Waals surface area contributed by atoms with Crippen molar-refractivity contribution < 1.29 is 9.53 Å². The minimum Gasteiger partial charge on any atom is -0.461 e. The second kappa shape index (κ2) is 6.30. The number of hydrogen-bond acceptors (Lipinski definition) is 3. The Morgan fingerprint density at radius 1 is 1.40 bits per heavy atom. The number of carbonyl (C=O) groups is 1. The largest absolute Gasteiger partial charge is 0.461 e. The number of carbonyl (C=O) groups excluding carboxylic acids is 1. The Morgan fingerprint density at radius 3 is 2.73 bits per heavy atom. The summed E-state index contributed by atoms with van der Waals surface area (Å²) in [6.07, 6.45) is 6.96. The van der Waals surface area contributed by atoms with Gasteiger partial charge >= 0.3 is 0 Å². The third-order valence-electron chi connectivity index (χ3n) is 3.02. The smallest absolute Gasteiger partial charge is 0.293 e. The van der Waals surface area contributed by atoms with Crippen LogP contribution in [0.1, 0.15) is 44.9 Å². The molecule has 1 saturated carbocycles. The molecule has 0 aromatic carbocycles. The van der Waals surface area contributed by atoms with Gasteiger partial charge in [-0.15, -0.1) is 0 Å². The van der Waals surface area contributed by atoms with Gasteiger partial charge in [-0.1, -0.05) is 5.11 Å². The number of ether oxygens (including phenoxy) is 1. The molecule has 0 bridgehead atoms. The van der Waals surface area contributed by atoms with E-state index >= 15 is 0 Å². The highest BCUT2D eigenvalue weighted by Crippen LogP contribution is 2.36. The molecule has 0 aromatic rings. The maximum Gasteiger partial charge on any atom is 0.293 e. The maximum atomic E-state index is 10.4. The van der Waals surface area contributed by atoms with Gasteiger partial charge in [0.15, 0.2) is 0 Å². The zero-order valence-electron chi connectivity index (χ0n) is 8.89. The monoisotopic (exact) mass is 211 g/mol. The standard InChI is InChI=1S/C10H17N3O2/c11-13-12-8-4-3-7-10(15-9-14)5-1-2-6-10/h9H,1-8H2. The average molecular weight is 211 g/mol. The first kappa shape index (κ1) is 11.9. The zero-order chi connectivity index (χ0) is 11.0. The van der Waals surface area contributed by atoms with Crippen LogP contribution in [0.5, 0.6) is 0 Å². The van der Waals surface area contributed by atoms with Crippen molar-refractivity contribution in [3.63, 3.8) is 0 Å². The van der Waals surface area contributed by atoms with Crippen LogP contribution in [0.3, 0.4) is 0 Å². The van der Waals surface area contributed by atoms with Gasteiger partial charge in [-0.2, -0.15) is 0 Å². The highest BCUT2D eigenvalue weighted by Gasteiger charge is 2.34. The van der Waals surface area contributed by atoms with Crippen molar-refractivity contribution >= 4 is 6.47 Å². The first-order chi connectivity index (χ1) is 7.33. The lowest BCUT2D eigenvalue weighted by molar-refractivity contribution is -0.143. The van der Waals surface area contributed by atoms with Gasteiger partial charge in [0, 0.05) is 11.5 Å². The van der Waals surface area contributed by atoms with E-state index in [2.05, 4.69) is 10.0 Å². The molecule has 1 aliphatic carbocycles. The molecule has 0 amide bonds. The number of unbranched alkanes of at least 4 members (excludes halogenated alkanes) is 1. The van der Waals surface area contributed by atoms with Gasteiger partial charge < -0.3 is 4.74 Å². The zero-order valence-corrected chi connectivity index (χ0v) is 8.89. The molecule has 84 valence electrons. The summed E-state index contributed by atoms with van der Waals surface area (Å²) in [5.41, 5.74) is 7.89. The highest BCUT2D eigenvalue weighted by molar-refractivity contribution is 5.38. The molecule has 1 rings (SSSR count). The lowest BCUT2D eigenvalue weighted by Crippen LogP contribution is -2.28. The SMILES string of the molecule is [N-]=[N+]=NCCCCC1(OC=O)CCCC1. The van der Waals surface area contributed by atoms with Crippen LogP contribution < -0.4 is 0 Å². The van der Waals surface area contributed by atoms with E-state index in [0.29, 0.717) is 13.0 Å². The van der Waals surface area contributed by atoms with Crippen LogP contribution in [-0.4, -0.2) is 18.6 Å². The lowest BCUT2D eigenvalue weighted by atomic mass is 9.95. The van der Waals surface area contributed by atoms with E-state index < -0.39 is 0 Å². The Bertz CT molecular complexity index is 243.